The first-order valence-electron chi connectivity index (χ1n) is 13.1. The third kappa shape index (κ3) is 33.9. The highest BCUT2D eigenvalue weighted by Crippen LogP contribution is 1.93. The molecule has 0 aromatic rings. The molecule has 0 aromatic carbocycles. The van der Waals surface area contributed by atoms with Gasteiger partial charge in [0.15, 0.2) is 0 Å². The molecule has 0 saturated heterocycles. The van der Waals surface area contributed by atoms with Crippen molar-refractivity contribution in [1.82, 2.24) is 10.6 Å². The van der Waals surface area contributed by atoms with E-state index < -0.39 is 0 Å². The minimum Gasteiger partial charge on any atom is -0.379 e. The summed E-state index contributed by atoms with van der Waals surface area (Å²) in [5.74, 6) is 2.38. The van der Waals surface area contributed by atoms with Crippen molar-refractivity contribution in [2.24, 2.45) is 0 Å². The van der Waals surface area contributed by atoms with Gasteiger partial charge in [-0.05, 0) is 6.42 Å². The van der Waals surface area contributed by atoms with Crippen molar-refractivity contribution in [3.05, 3.63) is 0 Å². The van der Waals surface area contributed by atoms with E-state index in [0.29, 0.717) is 118 Å². The van der Waals surface area contributed by atoms with Crippen LogP contribution in [0.5, 0.6) is 0 Å². The Morgan fingerprint density at radius 3 is 1.51 bits per heavy atom. The van der Waals surface area contributed by atoms with Crippen LogP contribution in [-0.4, -0.2) is 110 Å². The molecule has 0 aliphatic carbocycles. The predicted molar refractivity (Wildman–Crippen MR) is 140 cm³/mol. The van der Waals surface area contributed by atoms with Gasteiger partial charge in [-0.15, -0.1) is 12.3 Å². The Bertz CT molecular complexity index is 557. The van der Waals surface area contributed by atoms with E-state index in [1.807, 2.05) is 13.8 Å². The number of hydrogen-bond acceptors (Lipinski definition) is 9. The van der Waals surface area contributed by atoms with Gasteiger partial charge in [0, 0.05) is 38.8 Å². The zero-order valence-electron chi connectivity index (χ0n) is 22.8. The molecule has 0 atom stereocenters. The highest BCUT2D eigenvalue weighted by molar-refractivity contribution is 5.76. The largest absolute Gasteiger partial charge is 0.379 e. The van der Waals surface area contributed by atoms with Crippen LogP contribution in [0.3, 0.4) is 0 Å². The highest BCUT2D eigenvalue weighted by Gasteiger charge is 2.01. The zero-order valence-corrected chi connectivity index (χ0v) is 22.8. The number of ether oxygens (including phenoxy) is 6. The molecule has 216 valence electrons. The summed E-state index contributed by atoms with van der Waals surface area (Å²) in [7, 11) is 0. The molecule has 0 aliphatic rings. The minimum atomic E-state index is -0.102. The van der Waals surface area contributed by atoms with Gasteiger partial charge in [-0.1, -0.05) is 13.8 Å². The number of amides is 2. The van der Waals surface area contributed by atoms with E-state index in [4.69, 9.17) is 34.8 Å². The van der Waals surface area contributed by atoms with E-state index in [9.17, 15) is 14.4 Å². The van der Waals surface area contributed by atoms with Crippen LogP contribution in [0.4, 0.5) is 0 Å². The molecule has 0 radical (unpaired) electrons. The second-order valence-corrected chi connectivity index (χ2v) is 7.14. The molecule has 0 unspecified atom stereocenters. The molecular formula is C26H48N2O9. The summed E-state index contributed by atoms with van der Waals surface area (Å²) in [4.78, 5) is 33.3. The highest BCUT2D eigenvalue weighted by atomic mass is 16.5. The van der Waals surface area contributed by atoms with Crippen LogP contribution in [-0.2, 0) is 42.8 Å². The summed E-state index contributed by atoms with van der Waals surface area (Å²) < 4.78 is 31.9. The summed E-state index contributed by atoms with van der Waals surface area (Å²) in [6.45, 7) is 9.89. The predicted octanol–water partition coefficient (Wildman–Crippen LogP) is 1.13. The van der Waals surface area contributed by atoms with Crippen molar-refractivity contribution in [2.45, 2.75) is 46.0 Å². The fourth-order valence-corrected chi connectivity index (χ4v) is 2.43. The second kappa shape index (κ2) is 33.9. The summed E-state index contributed by atoms with van der Waals surface area (Å²) in [6, 6.07) is 0. The maximum Gasteiger partial charge on any atom is 0.222 e. The lowest BCUT2D eigenvalue weighted by molar-refractivity contribution is -0.123. The van der Waals surface area contributed by atoms with E-state index in [0.717, 1.165) is 6.29 Å². The van der Waals surface area contributed by atoms with Crippen LogP contribution in [0.15, 0.2) is 0 Å². The van der Waals surface area contributed by atoms with Gasteiger partial charge < -0.3 is 43.8 Å². The standard InChI is InChI=1S/C24H42N2O9.C2H6/c1-2-3-4-6-23(28)25-8-13-32-18-22-35-20-16-31-12-7-24(29)26-9-14-33-17-21-34-19-15-30-11-5-10-27;1-2/h1,10H,3-9,11-22H2,(H,25,28)(H,26,29);1-2H3. The van der Waals surface area contributed by atoms with E-state index in [1.54, 1.807) is 0 Å². The monoisotopic (exact) mass is 532 g/mol. The topological polar surface area (TPSA) is 131 Å². The normalized spacial score (nSPS) is 10.2. The van der Waals surface area contributed by atoms with Crippen LogP contribution >= 0.6 is 0 Å². The molecule has 11 heteroatoms. The third-order valence-electron chi connectivity index (χ3n) is 4.20. The lowest BCUT2D eigenvalue weighted by Gasteiger charge is -2.09. The lowest BCUT2D eigenvalue weighted by atomic mass is 10.2. The molecule has 0 fully saturated rings. The summed E-state index contributed by atoms with van der Waals surface area (Å²) >= 11 is 0. The van der Waals surface area contributed by atoms with Crippen molar-refractivity contribution in [3.63, 3.8) is 0 Å². The van der Waals surface area contributed by atoms with Gasteiger partial charge >= 0.3 is 0 Å². The first-order chi connectivity index (χ1) is 18.2. The average Bonchev–Trinajstić information content (AvgIpc) is 2.91. The molecule has 37 heavy (non-hydrogen) atoms. The SMILES string of the molecule is C#CCCCC(=O)NCCOCCOCCOCCC(=O)NCCOCCOCCOCCC=O.CC. The molecule has 2 amide bonds. The van der Waals surface area contributed by atoms with Crippen molar-refractivity contribution >= 4 is 18.1 Å². The molecule has 0 aliphatic heterocycles. The average molecular weight is 533 g/mol. The van der Waals surface area contributed by atoms with Crippen molar-refractivity contribution < 1.29 is 42.8 Å². The second-order valence-electron chi connectivity index (χ2n) is 7.14. The molecule has 0 rings (SSSR count). The van der Waals surface area contributed by atoms with E-state index in [1.165, 1.54) is 0 Å². The van der Waals surface area contributed by atoms with Crippen molar-refractivity contribution in [1.29, 1.82) is 0 Å². The Hall–Kier alpha value is -2.07. The fraction of sp³-hybridized carbons (Fsp3) is 0.808. The van der Waals surface area contributed by atoms with Gasteiger partial charge in [0.05, 0.1) is 79.3 Å². The van der Waals surface area contributed by atoms with Gasteiger partial charge in [-0.2, -0.15) is 0 Å². The summed E-state index contributed by atoms with van der Waals surface area (Å²) in [5.41, 5.74) is 0. The van der Waals surface area contributed by atoms with Gasteiger partial charge in [-0.3, -0.25) is 9.59 Å². The summed E-state index contributed by atoms with van der Waals surface area (Å²) in [5, 5.41) is 5.51. The van der Waals surface area contributed by atoms with Crippen LogP contribution < -0.4 is 10.6 Å². The summed E-state index contributed by atoms with van der Waals surface area (Å²) in [6.07, 6.45) is 8.35. The number of aldehydes is 1. The molecule has 0 bridgehead atoms. The molecular weight excluding hydrogens is 484 g/mol. The fourth-order valence-electron chi connectivity index (χ4n) is 2.43. The van der Waals surface area contributed by atoms with Gasteiger partial charge in [0.25, 0.3) is 0 Å². The number of hydrogen-bond donors (Lipinski definition) is 2. The smallest absolute Gasteiger partial charge is 0.222 e. The number of nitrogens with one attached hydrogen (secondary N) is 2. The molecule has 0 saturated carbocycles. The Morgan fingerprint density at radius 1 is 0.649 bits per heavy atom. The van der Waals surface area contributed by atoms with Gasteiger partial charge in [0.2, 0.25) is 11.8 Å². The van der Waals surface area contributed by atoms with Crippen LogP contribution in [0.25, 0.3) is 0 Å². The maximum absolute atomic E-state index is 11.7. The van der Waals surface area contributed by atoms with Crippen LogP contribution in [0.1, 0.15) is 46.0 Å². The minimum absolute atomic E-state index is 0.0212. The zero-order chi connectivity index (χ0) is 27.7. The number of carbonyl (C=O) groups excluding carboxylic acids is 3. The van der Waals surface area contributed by atoms with Crippen LogP contribution in [0, 0.1) is 12.3 Å². The van der Waals surface area contributed by atoms with Gasteiger partial charge in [-0.25, -0.2) is 0 Å². The Morgan fingerprint density at radius 2 is 1.05 bits per heavy atom. The van der Waals surface area contributed by atoms with E-state index in [2.05, 4.69) is 16.6 Å². The quantitative estimate of drug-likeness (QED) is 0.0908. The Labute approximate surface area is 222 Å². The number of carbonyl (C=O) groups is 3. The molecule has 0 heterocycles. The Balaban J connectivity index is 0. The van der Waals surface area contributed by atoms with Crippen molar-refractivity contribution in [2.75, 3.05) is 92.4 Å². The lowest BCUT2D eigenvalue weighted by Crippen LogP contribution is -2.28. The maximum atomic E-state index is 11.7. The molecule has 0 spiro atoms. The first-order valence-corrected chi connectivity index (χ1v) is 13.1. The van der Waals surface area contributed by atoms with Crippen LogP contribution in [0.2, 0.25) is 0 Å². The molecule has 0 aromatic heterocycles. The first kappa shape index (κ1) is 37.1. The van der Waals surface area contributed by atoms with Gasteiger partial charge in [0.1, 0.15) is 6.29 Å². The number of unbranched alkanes of at least 4 members (excludes halogenated alkanes) is 1. The number of terminal acetylenes is 1. The Kier molecular flexibility index (Phi) is 34.0. The molecule has 11 nitrogen and oxygen atoms in total. The van der Waals surface area contributed by atoms with E-state index >= 15 is 0 Å². The number of rotatable bonds is 27. The third-order valence-corrected chi connectivity index (χ3v) is 4.20. The van der Waals surface area contributed by atoms with E-state index in [-0.39, 0.29) is 18.2 Å². The molecule has 2 N–H and O–H groups in total. The van der Waals surface area contributed by atoms with Crippen molar-refractivity contribution in [3.8, 4) is 12.3 Å².